The number of aromatic nitrogens is 4. The average molecular weight is 900 g/mol. The van der Waals surface area contributed by atoms with Crippen molar-refractivity contribution in [1.29, 1.82) is 0 Å². The molecule has 4 nitrogen and oxygen atoms in total. The third-order valence-corrected chi connectivity index (χ3v) is 10.6. The molecule has 270 valence electrons. The Balaban J connectivity index is 0.00000410. The maximum atomic E-state index is 5.62. The van der Waals surface area contributed by atoms with Crippen LogP contribution in [0.15, 0.2) is 176 Å². The minimum atomic E-state index is 0. The second-order valence-electron chi connectivity index (χ2n) is 14.3. The van der Waals surface area contributed by atoms with E-state index in [1.54, 1.807) is 0 Å². The van der Waals surface area contributed by atoms with Crippen molar-refractivity contribution in [2.75, 3.05) is 0 Å². The Morgan fingerprint density at radius 3 is 2.04 bits per heavy atom. The van der Waals surface area contributed by atoms with Gasteiger partial charge in [-0.15, -0.1) is 40.8 Å². The van der Waals surface area contributed by atoms with Gasteiger partial charge in [-0.05, 0) is 64.0 Å². The number of hydrogen-bond donors (Lipinski definition) is 0. The topological polar surface area (TPSA) is 35.6 Å². The van der Waals surface area contributed by atoms with Crippen LogP contribution in [0.4, 0.5) is 0 Å². The number of hydrogen-bond acceptors (Lipinski definition) is 2. The van der Waals surface area contributed by atoms with Crippen LogP contribution >= 0.6 is 0 Å². The molecule has 7 aromatic carbocycles. The molecule has 0 unspecified atom stereocenters. The van der Waals surface area contributed by atoms with Gasteiger partial charge in [0.05, 0.1) is 16.9 Å². The average Bonchev–Trinajstić information content (AvgIpc) is 3.80. The molecule has 0 N–H and O–H groups in total. The van der Waals surface area contributed by atoms with Crippen molar-refractivity contribution >= 4 is 32.8 Å². The van der Waals surface area contributed by atoms with Gasteiger partial charge in [-0.2, -0.15) is 24.3 Å². The summed E-state index contributed by atoms with van der Waals surface area (Å²) in [5.74, 6) is 1.20. The van der Waals surface area contributed by atoms with Crippen LogP contribution in [-0.2, 0) is 21.1 Å². The molecule has 0 saturated heterocycles. The van der Waals surface area contributed by atoms with E-state index in [1.807, 2.05) is 12.1 Å². The van der Waals surface area contributed by atoms with Gasteiger partial charge in [-0.25, -0.2) is 4.98 Å². The predicted molar refractivity (Wildman–Crippen MR) is 227 cm³/mol. The minimum absolute atomic E-state index is 0. The standard InChI is InChI=1S/C51H36N4.Pt/c1-34(2)37-20-13-21-39(32-37)44-25-15-26-45(52-44)42-24-14-29-49-50(42)53-51(54-46-27-11-9-22-40(46)41-23-10-12-28-47(41)54)55(49)48-31-30-38(35-16-5-3-6-17-35)33-43(48)36-18-7-4-8-19-36;/h3-20,22-27,29-34H,1-2H3;/q-2;+2. The molecule has 10 rings (SSSR count). The number of para-hydroxylation sites is 3. The minimum Gasteiger partial charge on any atom is -0.304 e. The summed E-state index contributed by atoms with van der Waals surface area (Å²) < 4.78 is 4.59. The van der Waals surface area contributed by atoms with E-state index in [2.05, 4.69) is 199 Å². The van der Waals surface area contributed by atoms with E-state index >= 15 is 0 Å². The van der Waals surface area contributed by atoms with E-state index < -0.39 is 0 Å². The van der Waals surface area contributed by atoms with Crippen LogP contribution in [0.25, 0.3) is 89.2 Å². The molecule has 56 heavy (non-hydrogen) atoms. The van der Waals surface area contributed by atoms with E-state index in [1.165, 1.54) is 11.1 Å². The molecule has 5 heteroatoms. The van der Waals surface area contributed by atoms with Gasteiger partial charge >= 0.3 is 21.1 Å². The van der Waals surface area contributed by atoms with Crippen molar-refractivity contribution in [1.82, 2.24) is 19.1 Å². The van der Waals surface area contributed by atoms with Crippen molar-refractivity contribution in [3.05, 3.63) is 194 Å². The van der Waals surface area contributed by atoms with E-state index in [9.17, 15) is 0 Å². The van der Waals surface area contributed by atoms with E-state index in [4.69, 9.17) is 9.97 Å². The van der Waals surface area contributed by atoms with Crippen LogP contribution in [0.3, 0.4) is 0 Å². The molecule has 3 heterocycles. The summed E-state index contributed by atoms with van der Waals surface area (Å²) in [5.41, 5.74) is 14.5. The quantitative estimate of drug-likeness (QED) is 0.149. The van der Waals surface area contributed by atoms with Crippen LogP contribution in [0.5, 0.6) is 0 Å². The second-order valence-corrected chi connectivity index (χ2v) is 14.3. The molecular weight excluding hydrogens is 864 g/mol. The van der Waals surface area contributed by atoms with Gasteiger partial charge in [0.2, 0.25) is 5.95 Å². The summed E-state index contributed by atoms with van der Waals surface area (Å²) in [5, 5.41) is 2.29. The van der Waals surface area contributed by atoms with Crippen molar-refractivity contribution in [3.8, 4) is 56.4 Å². The van der Waals surface area contributed by atoms with Crippen LogP contribution in [0, 0.1) is 12.1 Å². The van der Waals surface area contributed by atoms with Gasteiger partial charge in [0, 0.05) is 16.6 Å². The third-order valence-electron chi connectivity index (χ3n) is 10.6. The summed E-state index contributed by atoms with van der Waals surface area (Å²) >= 11 is 0. The molecule has 0 bridgehead atoms. The van der Waals surface area contributed by atoms with E-state index in [0.29, 0.717) is 5.92 Å². The van der Waals surface area contributed by atoms with Gasteiger partial charge in [-0.1, -0.05) is 129 Å². The van der Waals surface area contributed by atoms with E-state index in [-0.39, 0.29) is 21.1 Å². The van der Waals surface area contributed by atoms with Crippen molar-refractivity contribution in [2.45, 2.75) is 19.8 Å². The fraction of sp³-hybridized carbons (Fsp3) is 0.0588. The molecular formula is C51H36N4Pt. The number of pyridine rings is 1. The molecule has 0 spiro atoms. The molecule has 0 aliphatic carbocycles. The summed E-state index contributed by atoms with van der Waals surface area (Å²) in [4.78, 5) is 10.9. The zero-order valence-corrected chi connectivity index (χ0v) is 33.2. The fourth-order valence-electron chi connectivity index (χ4n) is 7.85. The van der Waals surface area contributed by atoms with Gasteiger partial charge in [0.15, 0.2) is 0 Å². The smallest absolute Gasteiger partial charge is 0.304 e. The van der Waals surface area contributed by atoms with Gasteiger partial charge in [0.25, 0.3) is 0 Å². The summed E-state index contributed by atoms with van der Waals surface area (Å²) in [6, 6.07) is 68.8. The van der Waals surface area contributed by atoms with Crippen molar-refractivity contribution in [3.63, 3.8) is 0 Å². The summed E-state index contributed by atoms with van der Waals surface area (Å²) in [7, 11) is 0. The Kier molecular flexibility index (Phi) is 9.29. The summed E-state index contributed by atoms with van der Waals surface area (Å²) in [6.07, 6.45) is 0. The molecule has 0 fully saturated rings. The molecule has 0 radical (unpaired) electrons. The van der Waals surface area contributed by atoms with Gasteiger partial charge < -0.3 is 4.57 Å². The first-order chi connectivity index (χ1) is 27.1. The Morgan fingerprint density at radius 1 is 0.500 bits per heavy atom. The normalized spacial score (nSPS) is 11.4. The molecule has 10 aromatic rings. The van der Waals surface area contributed by atoms with Gasteiger partial charge in [0.1, 0.15) is 5.52 Å². The Hall–Kier alpha value is -6.35. The number of imidazole rings is 1. The first-order valence-electron chi connectivity index (χ1n) is 18.8. The SMILES string of the molecule is CC(C)c1cc[c-]c(-c2cccc(-c3cccc4c3nc(-n3c5[c-]cccc5c5ccccc53)n4-c3ccc(-c4ccccc4)cc3-c3ccccc3)n2)c1.[Pt+2]. The van der Waals surface area contributed by atoms with E-state index in [0.717, 1.165) is 83.7 Å². The first-order valence-corrected chi connectivity index (χ1v) is 18.8. The number of fused-ring (bicyclic) bond motifs is 4. The molecule has 0 saturated carbocycles. The molecule has 0 aliphatic heterocycles. The van der Waals surface area contributed by atoms with Gasteiger partial charge in [-0.3, -0.25) is 9.55 Å². The van der Waals surface area contributed by atoms with Crippen molar-refractivity contribution in [2.24, 2.45) is 0 Å². The Bertz CT molecular complexity index is 2960. The number of rotatable bonds is 7. The zero-order chi connectivity index (χ0) is 36.9. The van der Waals surface area contributed by atoms with Crippen molar-refractivity contribution < 1.29 is 21.1 Å². The number of nitrogens with zero attached hydrogens (tertiary/aromatic N) is 4. The molecule has 0 amide bonds. The largest absolute Gasteiger partial charge is 2.00 e. The third kappa shape index (κ3) is 6.07. The first kappa shape index (κ1) is 35.4. The predicted octanol–water partition coefficient (Wildman–Crippen LogP) is 12.9. The van der Waals surface area contributed by atoms with Crippen LogP contribution in [-0.4, -0.2) is 19.1 Å². The Morgan fingerprint density at radius 2 is 1.21 bits per heavy atom. The van der Waals surface area contributed by atoms with Crippen LogP contribution in [0.1, 0.15) is 25.3 Å². The molecule has 0 aliphatic rings. The molecule has 3 aromatic heterocycles. The van der Waals surface area contributed by atoms with Crippen LogP contribution in [0.2, 0.25) is 0 Å². The summed E-state index contributed by atoms with van der Waals surface area (Å²) in [6.45, 7) is 4.43. The molecule has 0 atom stereocenters. The fourth-order valence-corrected chi connectivity index (χ4v) is 7.85. The monoisotopic (exact) mass is 899 g/mol. The number of benzene rings is 7. The maximum absolute atomic E-state index is 5.62. The van der Waals surface area contributed by atoms with Crippen LogP contribution < -0.4 is 0 Å². The second kappa shape index (κ2) is 14.7. The zero-order valence-electron chi connectivity index (χ0n) is 30.9. The maximum Gasteiger partial charge on any atom is 2.00 e. The Labute approximate surface area is 341 Å².